The number of anilines is 2. The van der Waals surface area contributed by atoms with Crippen molar-refractivity contribution >= 4 is 28.1 Å². The second-order valence-corrected chi connectivity index (χ2v) is 5.44. The summed E-state index contributed by atoms with van der Waals surface area (Å²) >= 11 is 0. The van der Waals surface area contributed by atoms with Crippen LogP contribution in [0.2, 0.25) is 0 Å². The van der Waals surface area contributed by atoms with Crippen LogP contribution in [-0.2, 0) is 4.79 Å². The molecule has 2 aromatic rings. The largest absolute Gasteiger partial charge is 0.398 e. The van der Waals surface area contributed by atoms with Gasteiger partial charge in [-0.1, -0.05) is 0 Å². The van der Waals surface area contributed by atoms with Gasteiger partial charge in [0.2, 0.25) is 5.91 Å². The molecule has 0 aliphatic carbocycles. The Morgan fingerprint density at radius 2 is 2.05 bits per heavy atom. The number of hydrogen-bond donors (Lipinski definition) is 3. The monoisotopic (exact) mass is 272 g/mol. The van der Waals surface area contributed by atoms with Gasteiger partial charge in [-0.2, -0.15) is 0 Å². The minimum absolute atomic E-state index is 0.00266. The molecule has 0 bridgehead atoms. The van der Waals surface area contributed by atoms with Crippen molar-refractivity contribution in [1.82, 2.24) is 10.3 Å². The first-order valence-corrected chi connectivity index (χ1v) is 6.54. The van der Waals surface area contributed by atoms with Gasteiger partial charge in [0.15, 0.2) is 0 Å². The van der Waals surface area contributed by atoms with Crippen molar-refractivity contribution in [2.75, 3.05) is 24.6 Å². The Balaban J connectivity index is 2.27. The Morgan fingerprint density at radius 3 is 2.75 bits per heavy atom. The van der Waals surface area contributed by atoms with E-state index in [4.69, 9.17) is 5.73 Å². The van der Waals surface area contributed by atoms with E-state index in [0.29, 0.717) is 6.54 Å². The molecule has 106 valence electrons. The predicted octanol–water partition coefficient (Wildman–Crippen LogP) is 2.00. The topological polar surface area (TPSA) is 80.0 Å². The maximum absolute atomic E-state index is 11.8. The van der Waals surface area contributed by atoms with E-state index >= 15 is 0 Å². The highest BCUT2D eigenvalue weighted by Crippen LogP contribution is 2.28. The SMILES string of the molecule is CNC(=O)C(C)(C)CNc1ccc(N)c2ccncc12. The number of hydrogen-bond acceptors (Lipinski definition) is 4. The number of benzene rings is 1. The summed E-state index contributed by atoms with van der Waals surface area (Å²) in [6, 6.07) is 5.66. The highest BCUT2D eigenvalue weighted by molar-refractivity contribution is 6.00. The van der Waals surface area contributed by atoms with E-state index in [1.807, 2.05) is 32.0 Å². The van der Waals surface area contributed by atoms with Crippen LogP contribution in [0.15, 0.2) is 30.6 Å². The standard InChI is InChI=1S/C15H20N4O/c1-15(2,14(20)17-3)9-19-13-5-4-12(16)10-6-7-18-8-11(10)13/h4-8,19H,9,16H2,1-3H3,(H,17,20). The van der Waals surface area contributed by atoms with Gasteiger partial charge in [-0.25, -0.2) is 0 Å². The van der Waals surface area contributed by atoms with Crippen molar-refractivity contribution in [2.45, 2.75) is 13.8 Å². The molecule has 1 amide bonds. The van der Waals surface area contributed by atoms with Gasteiger partial charge in [0, 0.05) is 48.1 Å². The molecule has 0 aliphatic heterocycles. The van der Waals surface area contributed by atoms with Crippen LogP contribution < -0.4 is 16.4 Å². The summed E-state index contributed by atoms with van der Waals surface area (Å²) in [5.41, 5.74) is 7.11. The van der Waals surface area contributed by atoms with Gasteiger partial charge >= 0.3 is 0 Å². The number of fused-ring (bicyclic) bond motifs is 1. The van der Waals surface area contributed by atoms with E-state index in [0.717, 1.165) is 22.1 Å². The fourth-order valence-electron chi connectivity index (χ4n) is 2.10. The lowest BCUT2D eigenvalue weighted by atomic mass is 9.92. The van der Waals surface area contributed by atoms with Crippen LogP contribution in [-0.4, -0.2) is 24.5 Å². The van der Waals surface area contributed by atoms with E-state index in [1.54, 1.807) is 19.4 Å². The molecule has 5 nitrogen and oxygen atoms in total. The molecule has 0 aliphatic rings. The minimum atomic E-state index is -0.495. The average Bonchev–Trinajstić information content (AvgIpc) is 2.46. The third-order valence-corrected chi connectivity index (χ3v) is 3.41. The molecule has 1 heterocycles. The van der Waals surface area contributed by atoms with Gasteiger partial charge in [-0.15, -0.1) is 0 Å². The summed E-state index contributed by atoms with van der Waals surface area (Å²) in [6.45, 7) is 4.33. The van der Waals surface area contributed by atoms with Crippen LogP contribution in [0.3, 0.4) is 0 Å². The van der Waals surface area contributed by atoms with Crippen LogP contribution >= 0.6 is 0 Å². The third kappa shape index (κ3) is 2.66. The van der Waals surface area contributed by atoms with Gasteiger partial charge in [-0.05, 0) is 32.0 Å². The molecule has 1 aromatic heterocycles. The molecule has 5 heteroatoms. The molecule has 0 saturated heterocycles. The number of pyridine rings is 1. The van der Waals surface area contributed by atoms with Crippen LogP contribution in [0.4, 0.5) is 11.4 Å². The second kappa shape index (κ2) is 5.36. The lowest BCUT2D eigenvalue weighted by molar-refractivity contribution is -0.128. The molecular formula is C15H20N4O. The van der Waals surface area contributed by atoms with Gasteiger partial charge in [0.05, 0.1) is 5.41 Å². The van der Waals surface area contributed by atoms with Crippen molar-refractivity contribution in [3.63, 3.8) is 0 Å². The summed E-state index contributed by atoms with van der Waals surface area (Å²) in [4.78, 5) is 15.9. The number of nitrogens with one attached hydrogen (secondary N) is 2. The number of nitrogen functional groups attached to an aromatic ring is 1. The molecule has 0 spiro atoms. The van der Waals surface area contributed by atoms with Gasteiger partial charge in [0.25, 0.3) is 0 Å². The molecule has 0 radical (unpaired) electrons. The predicted molar refractivity (Wildman–Crippen MR) is 82.5 cm³/mol. The van der Waals surface area contributed by atoms with Gasteiger partial charge in [0.1, 0.15) is 0 Å². The first-order valence-electron chi connectivity index (χ1n) is 6.54. The number of aromatic nitrogens is 1. The quantitative estimate of drug-likeness (QED) is 0.744. The summed E-state index contributed by atoms with van der Waals surface area (Å²) in [5, 5.41) is 7.91. The van der Waals surface area contributed by atoms with E-state index < -0.39 is 5.41 Å². The van der Waals surface area contributed by atoms with Gasteiger partial charge < -0.3 is 16.4 Å². The van der Waals surface area contributed by atoms with E-state index in [-0.39, 0.29) is 5.91 Å². The zero-order valence-corrected chi connectivity index (χ0v) is 12.0. The maximum atomic E-state index is 11.8. The van der Waals surface area contributed by atoms with Crippen LogP contribution in [0.5, 0.6) is 0 Å². The van der Waals surface area contributed by atoms with Crippen molar-refractivity contribution in [3.8, 4) is 0 Å². The zero-order chi connectivity index (χ0) is 14.8. The minimum Gasteiger partial charge on any atom is -0.398 e. The lowest BCUT2D eigenvalue weighted by Crippen LogP contribution is -2.39. The number of nitrogens with two attached hydrogens (primary N) is 1. The van der Waals surface area contributed by atoms with Crippen LogP contribution in [0, 0.1) is 5.41 Å². The summed E-state index contributed by atoms with van der Waals surface area (Å²) < 4.78 is 0. The Bertz CT molecular complexity index is 637. The van der Waals surface area contributed by atoms with E-state index in [9.17, 15) is 4.79 Å². The molecule has 20 heavy (non-hydrogen) atoms. The maximum Gasteiger partial charge on any atom is 0.227 e. The Kier molecular flexibility index (Phi) is 3.79. The number of carbonyl (C=O) groups is 1. The van der Waals surface area contributed by atoms with Crippen molar-refractivity contribution in [2.24, 2.45) is 5.41 Å². The molecular weight excluding hydrogens is 252 g/mol. The van der Waals surface area contributed by atoms with Crippen LogP contribution in [0.1, 0.15) is 13.8 Å². The summed E-state index contributed by atoms with van der Waals surface area (Å²) in [6.07, 6.45) is 3.50. The number of nitrogens with zero attached hydrogens (tertiary/aromatic N) is 1. The van der Waals surface area contributed by atoms with E-state index in [1.165, 1.54) is 0 Å². The molecule has 0 unspecified atom stereocenters. The molecule has 2 rings (SSSR count). The molecule has 0 saturated carbocycles. The van der Waals surface area contributed by atoms with Crippen LogP contribution in [0.25, 0.3) is 10.8 Å². The third-order valence-electron chi connectivity index (χ3n) is 3.41. The molecule has 0 fully saturated rings. The summed E-state index contributed by atoms with van der Waals surface area (Å²) in [5.74, 6) is 0.00266. The normalized spacial score (nSPS) is 11.3. The highest BCUT2D eigenvalue weighted by Gasteiger charge is 2.26. The highest BCUT2D eigenvalue weighted by atomic mass is 16.2. The fraction of sp³-hybridized carbons (Fsp3) is 0.333. The fourth-order valence-corrected chi connectivity index (χ4v) is 2.10. The number of amides is 1. The van der Waals surface area contributed by atoms with Crippen molar-refractivity contribution in [3.05, 3.63) is 30.6 Å². The first kappa shape index (κ1) is 14.1. The molecule has 1 aromatic carbocycles. The Hall–Kier alpha value is -2.30. The molecule has 0 atom stereocenters. The lowest BCUT2D eigenvalue weighted by Gasteiger charge is -2.24. The summed E-state index contributed by atoms with van der Waals surface area (Å²) in [7, 11) is 1.65. The van der Waals surface area contributed by atoms with E-state index in [2.05, 4.69) is 15.6 Å². The van der Waals surface area contributed by atoms with Crippen molar-refractivity contribution < 1.29 is 4.79 Å². The average molecular weight is 272 g/mol. The second-order valence-electron chi connectivity index (χ2n) is 5.44. The number of carbonyl (C=O) groups excluding carboxylic acids is 1. The molecule has 4 N–H and O–H groups in total. The Morgan fingerprint density at radius 1 is 1.30 bits per heavy atom. The Labute approximate surface area is 118 Å². The zero-order valence-electron chi connectivity index (χ0n) is 12.0. The van der Waals surface area contributed by atoms with Crippen molar-refractivity contribution in [1.29, 1.82) is 0 Å². The van der Waals surface area contributed by atoms with Gasteiger partial charge in [-0.3, -0.25) is 9.78 Å². The smallest absolute Gasteiger partial charge is 0.227 e. The first-order chi connectivity index (χ1) is 9.45. The number of rotatable bonds is 4.